The Balaban J connectivity index is 2.37. The summed E-state index contributed by atoms with van der Waals surface area (Å²) in [6.45, 7) is 0. The lowest BCUT2D eigenvalue weighted by Crippen LogP contribution is -1.91. The highest BCUT2D eigenvalue weighted by molar-refractivity contribution is 5.85. The van der Waals surface area contributed by atoms with Crippen molar-refractivity contribution >= 4 is 11.7 Å². The van der Waals surface area contributed by atoms with Crippen molar-refractivity contribution in [3.05, 3.63) is 36.1 Å². The standard InChI is InChI=1S/C10H8N2O3/c11-7-3-1-6(2-4-7)8-5-9(10(13)14)15-12-8/h1-5H,11H2,(H,13,14). The fourth-order valence-corrected chi connectivity index (χ4v) is 1.17. The fourth-order valence-electron chi connectivity index (χ4n) is 1.17. The molecule has 0 fully saturated rings. The largest absolute Gasteiger partial charge is 0.475 e. The summed E-state index contributed by atoms with van der Waals surface area (Å²) in [4.78, 5) is 10.5. The number of carbonyl (C=O) groups is 1. The second-order valence-electron chi connectivity index (χ2n) is 3.00. The van der Waals surface area contributed by atoms with E-state index in [0.29, 0.717) is 11.4 Å². The number of hydrogen-bond acceptors (Lipinski definition) is 4. The van der Waals surface area contributed by atoms with Gasteiger partial charge in [-0.2, -0.15) is 0 Å². The molecule has 5 nitrogen and oxygen atoms in total. The van der Waals surface area contributed by atoms with Crippen molar-refractivity contribution in [2.24, 2.45) is 0 Å². The summed E-state index contributed by atoms with van der Waals surface area (Å²) in [7, 11) is 0. The zero-order valence-corrected chi connectivity index (χ0v) is 7.68. The number of nitrogens with zero attached hydrogens (tertiary/aromatic N) is 1. The van der Waals surface area contributed by atoms with Gasteiger partial charge >= 0.3 is 5.97 Å². The Labute approximate surface area is 85.1 Å². The van der Waals surface area contributed by atoms with Crippen molar-refractivity contribution in [3.8, 4) is 11.3 Å². The van der Waals surface area contributed by atoms with Gasteiger partial charge in [0, 0.05) is 17.3 Å². The van der Waals surface area contributed by atoms with Gasteiger partial charge in [-0.15, -0.1) is 0 Å². The van der Waals surface area contributed by atoms with Crippen LogP contribution in [0.5, 0.6) is 0 Å². The zero-order valence-electron chi connectivity index (χ0n) is 7.68. The number of carboxylic acids is 1. The van der Waals surface area contributed by atoms with Gasteiger partial charge in [-0.1, -0.05) is 17.3 Å². The molecule has 1 heterocycles. The molecule has 3 N–H and O–H groups in total. The normalized spacial score (nSPS) is 10.1. The van der Waals surface area contributed by atoms with E-state index in [1.54, 1.807) is 24.3 Å². The molecule has 0 aliphatic rings. The number of nitrogen functional groups attached to an aromatic ring is 1. The summed E-state index contributed by atoms with van der Waals surface area (Å²) in [5, 5.41) is 12.3. The molecule has 0 saturated heterocycles. The first-order valence-electron chi connectivity index (χ1n) is 4.23. The average Bonchev–Trinajstić information content (AvgIpc) is 2.68. The van der Waals surface area contributed by atoms with Gasteiger partial charge in [-0.05, 0) is 12.1 Å². The molecular formula is C10H8N2O3. The second-order valence-corrected chi connectivity index (χ2v) is 3.00. The predicted octanol–water partition coefficient (Wildman–Crippen LogP) is 1.62. The van der Waals surface area contributed by atoms with Crippen LogP contribution in [0.1, 0.15) is 10.6 Å². The molecule has 2 rings (SSSR count). The minimum Gasteiger partial charge on any atom is -0.475 e. The number of carboxylic acid groups (broad SMARTS) is 1. The van der Waals surface area contributed by atoms with E-state index in [-0.39, 0.29) is 5.76 Å². The highest BCUT2D eigenvalue weighted by atomic mass is 16.5. The summed E-state index contributed by atoms with van der Waals surface area (Å²) < 4.78 is 4.63. The molecule has 0 amide bonds. The highest BCUT2D eigenvalue weighted by Crippen LogP contribution is 2.20. The Bertz CT molecular complexity index is 488. The molecule has 0 bridgehead atoms. The van der Waals surface area contributed by atoms with Crippen LogP contribution in [0.2, 0.25) is 0 Å². The lowest BCUT2D eigenvalue weighted by atomic mass is 10.1. The van der Waals surface area contributed by atoms with Crippen molar-refractivity contribution in [3.63, 3.8) is 0 Å². The summed E-state index contributed by atoms with van der Waals surface area (Å²) in [5.41, 5.74) is 7.40. The molecular weight excluding hydrogens is 196 g/mol. The number of aromatic nitrogens is 1. The highest BCUT2D eigenvalue weighted by Gasteiger charge is 2.11. The van der Waals surface area contributed by atoms with Crippen LogP contribution in [0, 0.1) is 0 Å². The van der Waals surface area contributed by atoms with E-state index < -0.39 is 5.97 Å². The number of aromatic carboxylic acids is 1. The van der Waals surface area contributed by atoms with E-state index >= 15 is 0 Å². The number of hydrogen-bond donors (Lipinski definition) is 2. The monoisotopic (exact) mass is 204 g/mol. The maximum Gasteiger partial charge on any atom is 0.374 e. The molecule has 0 unspecified atom stereocenters. The predicted molar refractivity (Wildman–Crippen MR) is 53.3 cm³/mol. The molecule has 0 aliphatic heterocycles. The molecule has 0 spiro atoms. The van der Waals surface area contributed by atoms with Crippen LogP contribution >= 0.6 is 0 Å². The third-order valence-corrected chi connectivity index (χ3v) is 1.93. The van der Waals surface area contributed by atoms with Crippen molar-refractivity contribution < 1.29 is 14.4 Å². The third kappa shape index (κ3) is 1.80. The molecule has 15 heavy (non-hydrogen) atoms. The van der Waals surface area contributed by atoms with Crippen LogP contribution in [0.4, 0.5) is 5.69 Å². The minimum atomic E-state index is -1.14. The number of nitrogens with two attached hydrogens (primary N) is 1. The molecule has 76 valence electrons. The van der Waals surface area contributed by atoms with Crippen LogP contribution in [-0.4, -0.2) is 16.2 Å². The van der Waals surface area contributed by atoms with Gasteiger partial charge < -0.3 is 15.4 Å². The maximum absolute atomic E-state index is 10.5. The van der Waals surface area contributed by atoms with E-state index in [2.05, 4.69) is 9.68 Å². The van der Waals surface area contributed by atoms with Gasteiger partial charge in [0.1, 0.15) is 5.69 Å². The van der Waals surface area contributed by atoms with Crippen molar-refractivity contribution in [1.82, 2.24) is 5.16 Å². The zero-order chi connectivity index (χ0) is 10.8. The van der Waals surface area contributed by atoms with Gasteiger partial charge in [0.2, 0.25) is 5.76 Å². The van der Waals surface area contributed by atoms with Crippen LogP contribution in [0.15, 0.2) is 34.9 Å². The van der Waals surface area contributed by atoms with Crippen LogP contribution < -0.4 is 5.73 Å². The topological polar surface area (TPSA) is 89.4 Å². The average molecular weight is 204 g/mol. The number of rotatable bonds is 2. The Morgan fingerprint density at radius 3 is 2.53 bits per heavy atom. The van der Waals surface area contributed by atoms with E-state index in [9.17, 15) is 4.79 Å². The lowest BCUT2D eigenvalue weighted by molar-refractivity contribution is 0.0652. The van der Waals surface area contributed by atoms with Gasteiger partial charge in [0.15, 0.2) is 0 Å². The molecule has 1 aromatic carbocycles. The molecule has 1 aromatic heterocycles. The van der Waals surface area contributed by atoms with Crippen molar-refractivity contribution in [1.29, 1.82) is 0 Å². The molecule has 2 aromatic rings. The fraction of sp³-hybridized carbons (Fsp3) is 0. The molecule has 0 atom stereocenters. The summed E-state index contributed by atoms with van der Waals surface area (Å²) in [6, 6.07) is 8.29. The van der Waals surface area contributed by atoms with Crippen LogP contribution in [0.3, 0.4) is 0 Å². The Morgan fingerprint density at radius 1 is 1.33 bits per heavy atom. The molecule has 0 aliphatic carbocycles. The molecule has 5 heteroatoms. The van der Waals surface area contributed by atoms with Gasteiger partial charge in [0.25, 0.3) is 0 Å². The SMILES string of the molecule is Nc1ccc(-c2cc(C(=O)O)on2)cc1. The Hall–Kier alpha value is -2.30. The summed E-state index contributed by atoms with van der Waals surface area (Å²) in [6.07, 6.45) is 0. The Kier molecular flexibility index (Phi) is 2.13. The second kappa shape index (κ2) is 3.45. The first kappa shape index (κ1) is 9.26. The third-order valence-electron chi connectivity index (χ3n) is 1.93. The van der Waals surface area contributed by atoms with Crippen LogP contribution in [-0.2, 0) is 0 Å². The first-order valence-corrected chi connectivity index (χ1v) is 4.23. The smallest absolute Gasteiger partial charge is 0.374 e. The maximum atomic E-state index is 10.5. The van der Waals surface area contributed by atoms with Gasteiger partial charge in [0.05, 0.1) is 0 Å². The van der Waals surface area contributed by atoms with E-state index in [1.165, 1.54) is 6.07 Å². The lowest BCUT2D eigenvalue weighted by Gasteiger charge is -1.95. The molecule has 0 radical (unpaired) electrons. The molecule has 0 saturated carbocycles. The summed E-state index contributed by atoms with van der Waals surface area (Å²) in [5.74, 6) is -1.31. The van der Waals surface area contributed by atoms with Gasteiger partial charge in [-0.3, -0.25) is 0 Å². The van der Waals surface area contributed by atoms with E-state index in [4.69, 9.17) is 10.8 Å². The van der Waals surface area contributed by atoms with Crippen molar-refractivity contribution in [2.45, 2.75) is 0 Å². The quantitative estimate of drug-likeness (QED) is 0.725. The van der Waals surface area contributed by atoms with Crippen LogP contribution in [0.25, 0.3) is 11.3 Å². The minimum absolute atomic E-state index is 0.179. The number of benzene rings is 1. The van der Waals surface area contributed by atoms with E-state index in [0.717, 1.165) is 5.56 Å². The first-order chi connectivity index (χ1) is 7.16. The number of anilines is 1. The summed E-state index contributed by atoms with van der Waals surface area (Å²) >= 11 is 0. The van der Waals surface area contributed by atoms with Crippen molar-refractivity contribution in [2.75, 3.05) is 5.73 Å². The Morgan fingerprint density at radius 2 is 2.00 bits per heavy atom. The van der Waals surface area contributed by atoms with E-state index in [1.807, 2.05) is 0 Å². The van der Waals surface area contributed by atoms with Gasteiger partial charge in [-0.25, -0.2) is 4.79 Å².